The molecule has 0 fully saturated rings. The van der Waals surface area contributed by atoms with Gasteiger partial charge in [-0.15, -0.1) is 0 Å². The van der Waals surface area contributed by atoms with Crippen LogP contribution in [0.15, 0.2) is 48.5 Å². The van der Waals surface area contributed by atoms with Crippen LogP contribution in [0.25, 0.3) is 0 Å². The Morgan fingerprint density at radius 3 is 2.38 bits per heavy atom. The summed E-state index contributed by atoms with van der Waals surface area (Å²) in [6, 6.07) is 13.1. The fourth-order valence-corrected chi connectivity index (χ4v) is 2.91. The van der Waals surface area contributed by atoms with Crippen molar-refractivity contribution >= 4 is 11.6 Å². The lowest BCUT2D eigenvalue weighted by atomic mass is 9.88. The summed E-state index contributed by atoms with van der Waals surface area (Å²) < 4.78 is 39.0. The second-order valence-corrected chi connectivity index (χ2v) is 6.61. The van der Waals surface area contributed by atoms with E-state index in [2.05, 4.69) is 0 Å². The van der Waals surface area contributed by atoms with E-state index in [-0.39, 0.29) is 5.92 Å². The standard InChI is InChI=1S/C19H21ClF3N/c1-24(2)11-10-15(12-16-6-3-4-9-18(16)20)14-7-5-8-17(13-14)19(21,22)23/h3-9,13,15H,10-12H2,1-2H3. The van der Waals surface area contributed by atoms with Gasteiger partial charge < -0.3 is 4.90 Å². The number of halogens is 4. The largest absolute Gasteiger partial charge is 0.416 e. The molecule has 0 bridgehead atoms. The maximum atomic E-state index is 13.0. The Morgan fingerprint density at radius 1 is 1.04 bits per heavy atom. The summed E-state index contributed by atoms with van der Waals surface area (Å²) in [5.74, 6) is -0.0189. The highest BCUT2D eigenvalue weighted by atomic mass is 35.5. The molecule has 0 aliphatic carbocycles. The number of rotatable bonds is 6. The van der Waals surface area contributed by atoms with E-state index in [1.54, 1.807) is 6.07 Å². The van der Waals surface area contributed by atoms with Crippen molar-refractivity contribution in [1.82, 2.24) is 4.90 Å². The van der Waals surface area contributed by atoms with Crippen molar-refractivity contribution in [2.24, 2.45) is 0 Å². The molecule has 0 radical (unpaired) electrons. The van der Waals surface area contributed by atoms with Crippen LogP contribution in [0.1, 0.15) is 29.0 Å². The van der Waals surface area contributed by atoms with Gasteiger partial charge in [-0.25, -0.2) is 0 Å². The van der Waals surface area contributed by atoms with E-state index in [9.17, 15) is 13.2 Å². The molecule has 2 rings (SSSR count). The van der Waals surface area contributed by atoms with Crippen LogP contribution in [0.5, 0.6) is 0 Å². The highest BCUT2D eigenvalue weighted by Gasteiger charge is 2.31. The molecule has 24 heavy (non-hydrogen) atoms. The first-order chi connectivity index (χ1) is 11.3. The molecule has 0 aliphatic rings. The zero-order valence-corrected chi connectivity index (χ0v) is 14.5. The van der Waals surface area contributed by atoms with Crippen LogP contribution in [-0.4, -0.2) is 25.5 Å². The first-order valence-corrected chi connectivity index (χ1v) is 8.20. The van der Waals surface area contributed by atoms with Crippen molar-refractivity contribution in [3.63, 3.8) is 0 Å². The van der Waals surface area contributed by atoms with E-state index in [0.717, 1.165) is 24.6 Å². The Bertz CT molecular complexity index is 668. The van der Waals surface area contributed by atoms with Crippen LogP contribution >= 0.6 is 11.6 Å². The fourth-order valence-electron chi connectivity index (χ4n) is 2.70. The molecule has 1 atom stereocenters. The van der Waals surface area contributed by atoms with E-state index in [1.165, 1.54) is 12.1 Å². The summed E-state index contributed by atoms with van der Waals surface area (Å²) in [6.45, 7) is 0.797. The van der Waals surface area contributed by atoms with E-state index in [0.29, 0.717) is 17.0 Å². The lowest BCUT2D eigenvalue weighted by molar-refractivity contribution is -0.137. The highest BCUT2D eigenvalue weighted by molar-refractivity contribution is 6.31. The van der Waals surface area contributed by atoms with E-state index in [1.807, 2.05) is 43.3 Å². The van der Waals surface area contributed by atoms with Crippen molar-refractivity contribution in [3.8, 4) is 0 Å². The minimum Gasteiger partial charge on any atom is -0.309 e. The van der Waals surface area contributed by atoms with Gasteiger partial charge in [0.1, 0.15) is 0 Å². The van der Waals surface area contributed by atoms with Crippen LogP contribution in [0.2, 0.25) is 5.02 Å². The summed E-state index contributed by atoms with van der Waals surface area (Å²) in [7, 11) is 3.91. The topological polar surface area (TPSA) is 3.24 Å². The molecule has 2 aromatic rings. The molecule has 0 saturated heterocycles. The zero-order valence-electron chi connectivity index (χ0n) is 13.8. The Kier molecular flexibility index (Phi) is 6.30. The van der Waals surface area contributed by atoms with Gasteiger partial charge in [0.25, 0.3) is 0 Å². The van der Waals surface area contributed by atoms with Gasteiger partial charge in [-0.3, -0.25) is 0 Å². The molecule has 0 aliphatic heterocycles. The molecular formula is C19H21ClF3N. The highest BCUT2D eigenvalue weighted by Crippen LogP contribution is 2.33. The maximum absolute atomic E-state index is 13.0. The number of hydrogen-bond acceptors (Lipinski definition) is 1. The van der Waals surface area contributed by atoms with Gasteiger partial charge >= 0.3 is 6.18 Å². The third kappa shape index (κ3) is 5.25. The van der Waals surface area contributed by atoms with Gasteiger partial charge in [0.05, 0.1) is 5.56 Å². The predicted molar refractivity (Wildman–Crippen MR) is 92.5 cm³/mol. The first-order valence-electron chi connectivity index (χ1n) is 7.82. The maximum Gasteiger partial charge on any atom is 0.416 e. The predicted octanol–water partition coefficient (Wildman–Crippen LogP) is 5.64. The van der Waals surface area contributed by atoms with Crippen LogP contribution in [0, 0.1) is 0 Å². The molecule has 0 amide bonds. The van der Waals surface area contributed by atoms with Crippen LogP contribution in [0.4, 0.5) is 13.2 Å². The summed E-state index contributed by atoms with van der Waals surface area (Å²) in [6.07, 6.45) is -2.94. The number of benzene rings is 2. The monoisotopic (exact) mass is 355 g/mol. The molecular weight excluding hydrogens is 335 g/mol. The number of nitrogens with zero attached hydrogens (tertiary/aromatic N) is 1. The Hall–Kier alpha value is -1.52. The van der Waals surface area contributed by atoms with E-state index < -0.39 is 11.7 Å². The van der Waals surface area contributed by atoms with Crippen LogP contribution in [0.3, 0.4) is 0 Å². The fraction of sp³-hybridized carbons (Fsp3) is 0.368. The molecule has 2 aromatic carbocycles. The van der Waals surface area contributed by atoms with Crippen LogP contribution < -0.4 is 0 Å². The SMILES string of the molecule is CN(C)CCC(Cc1ccccc1Cl)c1cccc(C(F)(F)F)c1. The van der Waals surface area contributed by atoms with Crippen molar-refractivity contribution in [2.45, 2.75) is 24.9 Å². The minimum atomic E-state index is -4.33. The van der Waals surface area contributed by atoms with Gasteiger partial charge in [-0.2, -0.15) is 13.2 Å². The van der Waals surface area contributed by atoms with Gasteiger partial charge in [0.2, 0.25) is 0 Å². The Balaban J connectivity index is 2.30. The van der Waals surface area contributed by atoms with Gasteiger partial charge in [-0.1, -0.05) is 48.0 Å². The molecule has 0 N–H and O–H groups in total. The number of hydrogen-bond donors (Lipinski definition) is 0. The van der Waals surface area contributed by atoms with Crippen molar-refractivity contribution in [1.29, 1.82) is 0 Å². The quantitative estimate of drug-likeness (QED) is 0.648. The Labute approximate surface area is 146 Å². The lowest BCUT2D eigenvalue weighted by Gasteiger charge is -2.21. The van der Waals surface area contributed by atoms with E-state index >= 15 is 0 Å². The summed E-state index contributed by atoms with van der Waals surface area (Å²) >= 11 is 6.23. The second kappa shape index (κ2) is 8.04. The normalized spacial score (nSPS) is 13.3. The lowest BCUT2D eigenvalue weighted by Crippen LogP contribution is -2.17. The van der Waals surface area contributed by atoms with Gasteiger partial charge in [0, 0.05) is 5.02 Å². The first kappa shape index (κ1) is 18.8. The molecule has 0 aromatic heterocycles. The average Bonchev–Trinajstić information content (AvgIpc) is 2.52. The van der Waals surface area contributed by atoms with Gasteiger partial charge in [0.15, 0.2) is 0 Å². The Morgan fingerprint density at radius 2 is 1.75 bits per heavy atom. The van der Waals surface area contributed by atoms with E-state index in [4.69, 9.17) is 11.6 Å². The summed E-state index contributed by atoms with van der Waals surface area (Å²) in [4.78, 5) is 2.03. The molecule has 0 saturated carbocycles. The van der Waals surface area contributed by atoms with Crippen molar-refractivity contribution < 1.29 is 13.2 Å². The third-order valence-corrected chi connectivity index (χ3v) is 4.40. The smallest absolute Gasteiger partial charge is 0.309 e. The molecule has 0 spiro atoms. The van der Waals surface area contributed by atoms with Crippen molar-refractivity contribution in [2.75, 3.05) is 20.6 Å². The molecule has 130 valence electrons. The molecule has 5 heteroatoms. The average molecular weight is 356 g/mol. The number of alkyl halides is 3. The van der Waals surface area contributed by atoms with Crippen molar-refractivity contribution in [3.05, 3.63) is 70.2 Å². The van der Waals surface area contributed by atoms with Crippen LogP contribution in [-0.2, 0) is 12.6 Å². The minimum absolute atomic E-state index is 0.0189. The molecule has 1 unspecified atom stereocenters. The molecule has 0 heterocycles. The zero-order chi connectivity index (χ0) is 17.7. The van der Waals surface area contributed by atoms with Gasteiger partial charge in [-0.05, 0) is 62.7 Å². The third-order valence-electron chi connectivity index (χ3n) is 4.03. The summed E-state index contributed by atoms with van der Waals surface area (Å²) in [5, 5.41) is 0.652. The second-order valence-electron chi connectivity index (χ2n) is 6.21. The summed E-state index contributed by atoms with van der Waals surface area (Å²) in [5.41, 5.74) is 1.06. The molecule has 1 nitrogen and oxygen atoms in total.